The van der Waals surface area contributed by atoms with Crippen molar-refractivity contribution in [3.63, 3.8) is 0 Å². The first-order valence-corrected chi connectivity index (χ1v) is 15.2. The number of nitrogens with zero attached hydrogens (tertiary/aromatic N) is 4. The van der Waals surface area contributed by atoms with Gasteiger partial charge in [0, 0.05) is 42.8 Å². The molecule has 0 fully saturated rings. The average molecular weight is 613 g/mol. The van der Waals surface area contributed by atoms with Crippen LogP contribution in [0.1, 0.15) is 47.7 Å². The maximum Gasteiger partial charge on any atom is 0.336 e. The quantitative estimate of drug-likeness (QED) is 0.177. The molecule has 8 heteroatoms. The van der Waals surface area contributed by atoms with Crippen LogP contribution in [0.25, 0.3) is 0 Å². The van der Waals surface area contributed by atoms with E-state index >= 15 is 0 Å². The summed E-state index contributed by atoms with van der Waals surface area (Å²) in [6.45, 7) is 5.10. The zero-order valence-electron chi connectivity index (χ0n) is 26.2. The molecule has 1 aliphatic rings. The summed E-state index contributed by atoms with van der Waals surface area (Å²) in [5.41, 5.74) is 6.51. The first kappa shape index (κ1) is 31.9. The van der Waals surface area contributed by atoms with E-state index in [2.05, 4.69) is 93.7 Å². The molecule has 0 saturated heterocycles. The number of allylic oxidation sites excluding steroid dienone is 1. The lowest BCUT2D eigenvalue weighted by atomic mass is 9.77. The summed E-state index contributed by atoms with van der Waals surface area (Å²) in [6, 6.07) is 34.3. The van der Waals surface area contributed by atoms with Gasteiger partial charge in [0.15, 0.2) is 0 Å². The Morgan fingerprint density at radius 1 is 0.870 bits per heavy atom. The van der Waals surface area contributed by atoms with Gasteiger partial charge in [0.1, 0.15) is 5.92 Å². The zero-order chi connectivity index (χ0) is 32.5. The van der Waals surface area contributed by atoms with E-state index in [1.165, 1.54) is 24.4 Å². The van der Waals surface area contributed by atoms with Crippen LogP contribution >= 0.6 is 0 Å². The second-order valence-corrected chi connectivity index (χ2v) is 11.2. The first-order valence-electron chi connectivity index (χ1n) is 15.2. The third-order valence-corrected chi connectivity index (χ3v) is 8.09. The number of hydrogen-bond acceptors (Lipinski definition) is 8. The smallest absolute Gasteiger partial charge is 0.336 e. The zero-order valence-corrected chi connectivity index (χ0v) is 26.2. The Kier molecular flexibility index (Phi) is 10.4. The van der Waals surface area contributed by atoms with Crippen molar-refractivity contribution < 1.29 is 19.1 Å². The number of nitriles is 1. The second-order valence-electron chi connectivity index (χ2n) is 11.2. The molecule has 0 bridgehead atoms. The fourth-order valence-electron chi connectivity index (χ4n) is 5.80. The van der Waals surface area contributed by atoms with E-state index in [0.29, 0.717) is 29.1 Å². The molecule has 3 aromatic carbocycles. The summed E-state index contributed by atoms with van der Waals surface area (Å²) in [7, 11) is 1.29. The molecule has 5 rings (SSSR count). The van der Waals surface area contributed by atoms with Gasteiger partial charge in [-0.15, -0.1) is 0 Å². The predicted octanol–water partition coefficient (Wildman–Crippen LogP) is 6.57. The van der Waals surface area contributed by atoms with Gasteiger partial charge in [0.25, 0.3) is 0 Å². The summed E-state index contributed by atoms with van der Waals surface area (Å²) < 4.78 is 10.8. The van der Waals surface area contributed by atoms with Crippen molar-refractivity contribution in [3.05, 3.63) is 142 Å². The van der Waals surface area contributed by atoms with Crippen LogP contribution in [0.3, 0.4) is 0 Å². The highest BCUT2D eigenvalue weighted by Crippen LogP contribution is 2.39. The molecule has 2 unspecified atom stereocenters. The standard InChI is InChI=1S/C38H36N4O4/c1-26-34(37(43)45-3)36(33-22-31(23-39)18-20-40-33)35(27(2)41-26)38(44)46-21-19-28-14-16-32(17-15-28)42(24-29-10-6-4-7-11-29)25-30-12-8-5-9-13-30/h4-18,20,22,34,36H,19,21,24-25H2,1-3H3. The van der Waals surface area contributed by atoms with Gasteiger partial charge in [0.05, 0.1) is 42.5 Å². The molecule has 0 amide bonds. The Morgan fingerprint density at radius 3 is 2.09 bits per heavy atom. The van der Waals surface area contributed by atoms with Crippen LogP contribution in [0.15, 0.2) is 120 Å². The minimum atomic E-state index is -0.875. The molecule has 2 heterocycles. The van der Waals surface area contributed by atoms with Crippen LogP contribution in [0, 0.1) is 17.2 Å². The lowest BCUT2D eigenvalue weighted by Gasteiger charge is -2.30. The van der Waals surface area contributed by atoms with Gasteiger partial charge < -0.3 is 14.4 Å². The average Bonchev–Trinajstić information content (AvgIpc) is 3.08. The van der Waals surface area contributed by atoms with Crippen molar-refractivity contribution in [3.8, 4) is 6.07 Å². The summed E-state index contributed by atoms with van der Waals surface area (Å²) in [5, 5.41) is 9.47. The topological polar surface area (TPSA) is 105 Å². The Hall–Kier alpha value is -5.55. The normalized spacial score (nSPS) is 15.8. The van der Waals surface area contributed by atoms with Gasteiger partial charge in [-0.25, -0.2) is 4.79 Å². The van der Waals surface area contributed by atoms with E-state index in [4.69, 9.17) is 9.47 Å². The van der Waals surface area contributed by atoms with E-state index in [-0.39, 0.29) is 12.2 Å². The summed E-state index contributed by atoms with van der Waals surface area (Å²) in [5.74, 6) is -2.79. The molecule has 46 heavy (non-hydrogen) atoms. The number of aliphatic imine (C=N–C) groups is 1. The van der Waals surface area contributed by atoms with Crippen LogP contribution in [-0.2, 0) is 38.6 Å². The van der Waals surface area contributed by atoms with Gasteiger partial charge in [-0.3, -0.25) is 14.8 Å². The monoisotopic (exact) mass is 612 g/mol. The fraction of sp³-hybridized carbons (Fsp3) is 0.237. The molecule has 8 nitrogen and oxygen atoms in total. The third-order valence-electron chi connectivity index (χ3n) is 8.09. The Bertz CT molecular complexity index is 1740. The minimum Gasteiger partial charge on any atom is -0.468 e. The van der Waals surface area contributed by atoms with Gasteiger partial charge in [-0.2, -0.15) is 5.26 Å². The van der Waals surface area contributed by atoms with E-state index in [1.54, 1.807) is 26.0 Å². The number of ether oxygens (including phenoxy) is 2. The van der Waals surface area contributed by atoms with Gasteiger partial charge in [-0.1, -0.05) is 72.8 Å². The van der Waals surface area contributed by atoms with Crippen molar-refractivity contribution in [2.75, 3.05) is 18.6 Å². The number of anilines is 1. The molecular weight excluding hydrogens is 576 g/mol. The maximum atomic E-state index is 13.6. The number of aromatic nitrogens is 1. The third kappa shape index (κ3) is 7.56. The number of rotatable bonds is 11. The number of hydrogen-bond donors (Lipinski definition) is 0. The van der Waals surface area contributed by atoms with E-state index in [0.717, 1.165) is 24.3 Å². The number of methoxy groups -OCH3 is 1. The lowest BCUT2D eigenvalue weighted by molar-refractivity contribution is -0.144. The fourth-order valence-corrected chi connectivity index (χ4v) is 5.80. The van der Waals surface area contributed by atoms with Gasteiger partial charge in [0.2, 0.25) is 0 Å². The second kappa shape index (κ2) is 15.0. The summed E-state index contributed by atoms with van der Waals surface area (Å²) in [6.07, 6.45) is 2.00. The van der Waals surface area contributed by atoms with Crippen LogP contribution in [0.4, 0.5) is 5.69 Å². The van der Waals surface area contributed by atoms with Crippen LogP contribution in [0.5, 0.6) is 0 Å². The van der Waals surface area contributed by atoms with Crippen molar-refractivity contribution in [2.45, 2.75) is 39.3 Å². The van der Waals surface area contributed by atoms with Gasteiger partial charge in [-0.05, 0) is 54.8 Å². The number of carbonyl (C=O) groups excluding carboxylic acids is 2. The molecule has 0 spiro atoms. The highest BCUT2D eigenvalue weighted by molar-refractivity contribution is 6.06. The SMILES string of the molecule is COC(=O)C1C(C)=NC(C)=C(C(=O)OCCc2ccc(N(Cc3ccccc3)Cc3ccccc3)cc2)C1c1cc(C#N)ccn1. The Morgan fingerprint density at radius 2 is 1.50 bits per heavy atom. The van der Waals surface area contributed by atoms with Crippen LogP contribution in [0.2, 0.25) is 0 Å². The van der Waals surface area contributed by atoms with Crippen molar-refractivity contribution >= 4 is 23.3 Å². The van der Waals surface area contributed by atoms with E-state index < -0.39 is 23.8 Å². The first-order chi connectivity index (χ1) is 22.4. The molecule has 4 aromatic rings. The number of carbonyl (C=O) groups is 2. The van der Waals surface area contributed by atoms with Crippen LogP contribution in [-0.4, -0.2) is 36.4 Å². The van der Waals surface area contributed by atoms with Crippen LogP contribution < -0.4 is 4.90 Å². The van der Waals surface area contributed by atoms with Crippen molar-refractivity contribution in [2.24, 2.45) is 10.9 Å². The molecule has 0 saturated carbocycles. The molecule has 232 valence electrons. The van der Waals surface area contributed by atoms with E-state index in [9.17, 15) is 14.9 Å². The molecule has 0 aliphatic carbocycles. The Labute approximate surface area is 269 Å². The van der Waals surface area contributed by atoms with Crippen molar-refractivity contribution in [1.82, 2.24) is 4.98 Å². The molecular formula is C38H36N4O4. The van der Waals surface area contributed by atoms with E-state index in [1.807, 2.05) is 12.1 Å². The minimum absolute atomic E-state index is 0.136. The van der Waals surface area contributed by atoms with Gasteiger partial charge >= 0.3 is 11.9 Å². The number of esters is 2. The largest absolute Gasteiger partial charge is 0.468 e. The molecule has 0 N–H and O–H groups in total. The van der Waals surface area contributed by atoms with Crippen molar-refractivity contribution in [1.29, 1.82) is 5.26 Å². The molecule has 1 aliphatic heterocycles. The molecule has 0 radical (unpaired) electrons. The predicted molar refractivity (Wildman–Crippen MR) is 177 cm³/mol. The molecule has 2 atom stereocenters. The number of benzene rings is 3. The molecule has 1 aromatic heterocycles. The Balaban J connectivity index is 1.30. The number of pyridine rings is 1. The highest BCUT2D eigenvalue weighted by atomic mass is 16.5. The summed E-state index contributed by atoms with van der Waals surface area (Å²) in [4.78, 5) is 37.7. The maximum absolute atomic E-state index is 13.6. The highest BCUT2D eigenvalue weighted by Gasteiger charge is 2.43. The lowest BCUT2D eigenvalue weighted by Crippen LogP contribution is -2.36. The summed E-state index contributed by atoms with van der Waals surface area (Å²) >= 11 is 0.